The zero-order valence-corrected chi connectivity index (χ0v) is 8.31. The SMILES string of the molecule is CCC1COC(C(=O)C=CCO)OC1. The first kappa shape index (κ1) is 11.4. The molecule has 1 aliphatic heterocycles. The van der Waals surface area contributed by atoms with Crippen LogP contribution in [0.15, 0.2) is 12.2 Å². The first-order valence-electron chi connectivity index (χ1n) is 4.82. The molecule has 0 atom stereocenters. The Morgan fingerprint density at radius 3 is 2.64 bits per heavy atom. The van der Waals surface area contributed by atoms with Gasteiger partial charge in [0.1, 0.15) is 0 Å². The predicted molar refractivity (Wildman–Crippen MR) is 50.7 cm³/mol. The van der Waals surface area contributed by atoms with E-state index in [0.717, 1.165) is 6.42 Å². The molecule has 1 saturated heterocycles. The highest BCUT2D eigenvalue weighted by Crippen LogP contribution is 2.14. The maximum absolute atomic E-state index is 11.3. The van der Waals surface area contributed by atoms with Crippen molar-refractivity contribution in [3.8, 4) is 0 Å². The molecule has 80 valence electrons. The highest BCUT2D eigenvalue weighted by molar-refractivity contribution is 5.92. The molecule has 14 heavy (non-hydrogen) atoms. The minimum Gasteiger partial charge on any atom is -0.392 e. The van der Waals surface area contributed by atoms with E-state index in [4.69, 9.17) is 14.6 Å². The number of carbonyl (C=O) groups is 1. The molecule has 0 aromatic carbocycles. The molecule has 4 heteroatoms. The normalized spacial score (nSPS) is 28.1. The van der Waals surface area contributed by atoms with E-state index in [1.54, 1.807) is 0 Å². The maximum atomic E-state index is 11.3. The van der Waals surface area contributed by atoms with Crippen LogP contribution in [-0.4, -0.2) is 37.0 Å². The van der Waals surface area contributed by atoms with E-state index in [2.05, 4.69) is 6.92 Å². The van der Waals surface area contributed by atoms with Gasteiger partial charge in [-0.25, -0.2) is 0 Å². The van der Waals surface area contributed by atoms with Crippen LogP contribution in [0.1, 0.15) is 13.3 Å². The molecule has 0 amide bonds. The van der Waals surface area contributed by atoms with E-state index < -0.39 is 6.29 Å². The lowest BCUT2D eigenvalue weighted by Crippen LogP contribution is -2.36. The fourth-order valence-corrected chi connectivity index (χ4v) is 1.19. The Kier molecular flexibility index (Phi) is 4.79. The summed E-state index contributed by atoms with van der Waals surface area (Å²) in [6.07, 6.45) is 2.88. The summed E-state index contributed by atoms with van der Waals surface area (Å²) < 4.78 is 10.5. The number of aliphatic hydroxyl groups is 1. The summed E-state index contributed by atoms with van der Waals surface area (Å²) in [4.78, 5) is 11.3. The van der Waals surface area contributed by atoms with Crippen molar-refractivity contribution < 1.29 is 19.4 Å². The number of ketones is 1. The van der Waals surface area contributed by atoms with Crippen molar-refractivity contribution in [2.75, 3.05) is 19.8 Å². The lowest BCUT2D eigenvalue weighted by Gasteiger charge is -2.27. The Labute approximate surface area is 83.5 Å². The van der Waals surface area contributed by atoms with Gasteiger partial charge in [-0.15, -0.1) is 0 Å². The Morgan fingerprint density at radius 1 is 1.50 bits per heavy atom. The summed E-state index contributed by atoms with van der Waals surface area (Å²) in [7, 11) is 0. The highest BCUT2D eigenvalue weighted by Gasteiger charge is 2.25. The topological polar surface area (TPSA) is 55.8 Å². The molecule has 0 spiro atoms. The third-order valence-electron chi connectivity index (χ3n) is 2.16. The number of rotatable bonds is 4. The first-order valence-corrected chi connectivity index (χ1v) is 4.82. The van der Waals surface area contributed by atoms with Crippen LogP contribution < -0.4 is 0 Å². The van der Waals surface area contributed by atoms with Crippen molar-refractivity contribution in [2.45, 2.75) is 19.6 Å². The average molecular weight is 200 g/mol. The second kappa shape index (κ2) is 5.90. The summed E-state index contributed by atoms with van der Waals surface area (Å²) in [5.41, 5.74) is 0. The Morgan fingerprint density at radius 2 is 2.14 bits per heavy atom. The van der Waals surface area contributed by atoms with Crippen LogP contribution in [0.4, 0.5) is 0 Å². The van der Waals surface area contributed by atoms with Gasteiger partial charge in [-0.3, -0.25) is 4.79 Å². The van der Waals surface area contributed by atoms with E-state index in [-0.39, 0.29) is 12.4 Å². The van der Waals surface area contributed by atoms with Gasteiger partial charge >= 0.3 is 0 Å². The number of carbonyl (C=O) groups excluding carboxylic acids is 1. The van der Waals surface area contributed by atoms with Crippen molar-refractivity contribution in [3.63, 3.8) is 0 Å². The van der Waals surface area contributed by atoms with Gasteiger partial charge in [0.15, 0.2) is 0 Å². The van der Waals surface area contributed by atoms with Gasteiger partial charge in [-0.2, -0.15) is 0 Å². The fraction of sp³-hybridized carbons (Fsp3) is 0.700. The molecule has 0 aromatic heterocycles. The predicted octanol–water partition coefficient (Wildman–Crippen LogP) is 0.503. The molecule has 0 bridgehead atoms. The fourth-order valence-electron chi connectivity index (χ4n) is 1.19. The van der Waals surface area contributed by atoms with Gasteiger partial charge in [-0.05, 0) is 12.5 Å². The standard InChI is InChI=1S/C10H16O4/c1-2-8-6-13-10(14-7-8)9(12)4-3-5-11/h3-4,8,10-11H,2,5-7H2,1H3. The largest absolute Gasteiger partial charge is 0.392 e. The van der Waals surface area contributed by atoms with Crippen LogP contribution in [0.3, 0.4) is 0 Å². The van der Waals surface area contributed by atoms with Crippen molar-refractivity contribution in [1.29, 1.82) is 0 Å². The zero-order valence-electron chi connectivity index (χ0n) is 8.31. The molecule has 0 aromatic rings. The molecule has 1 fully saturated rings. The Balaban J connectivity index is 2.34. The van der Waals surface area contributed by atoms with Crippen LogP contribution in [0, 0.1) is 5.92 Å². The van der Waals surface area contributed by atoms with Crippen LogP contribution in [0.2, 0.25) is 0 Å². The number of hydrogen-bond donors (Lipinski definition) is 1. The quantitative estimate of drug-likeness (QED) is 0.671. The average Bonchev–Trinajstić information content (AvgIpc) is 2.26. The molecular formula is C10H16O4. The first-order chi connectivity index (χ1) is 6.77. The van der Waals surface area contributed by atoms with Gasteiger partial charge < -0.3 is 14.6 Å². The van der Waals surface area contributed by atoms with E-state index in [1.807, 2.05) is 0 Å². The van der Waals surface area contributed by atoms with Gasteiger partial charge in [-0.1, -0.05) is 13.0 Å². The molecule has 0 saturated carbocycles. The smallest absolute Gasteiger partial charge is 0.222 e. The van der Waals surface area contributed by atoms with Crippen molar-refractivity contribution >= 4 is 5.78 Å². The third kappa shape index (κ3) is 3.21. The summed E-state index contributed by atoms with van der Waals surface area (Å²) in [6.45, 7) is 3.06. The molecule has 1 aliphatic rings. The molecule has 1 N–H and O–H groups in total. The van der Waals surface area contributed by atoms with E-state index in [9.17, 15) is 4.79 Å². The summed E-state index contributed by atoms with van der Waals surface area (Å²) in [5, 5.41) is 8.47. The van der Waals surface area contributed by atoms with E-state index >= 15 is 0 Å². The number of hydrogen-bond acceptors (Lipinski definition) is 4. The monoisotopic (exact) mass is 200 g/mol. The van der Waals surface area contributed by atoms with Crippen molar-refractivity contribution in [3.05, 3.63) is 12.2 Å². The van der Waals surface area contributed by atoms with Crippen LogP contribution >= 0.6 is 0 Å². The number of aliphatic hydroxyl groups excluding tert-OH is 1. The Hall–Kier alpha value is -0.710. The van der Waals surface area contributed by atoms with Gasteiger partial charge in [0.25, 0.3) is 0 Å². The molecule has 1 heterocycles. The minimum atomic E-state index is -0.777. The van der Waals surface area contributed by atoms with E-state index in [0.29, 0.717) is 19.1 Å². The molecular weight excluding hydrogens is 184 g/mol. The summed E-state index contributed by atoms with van der Waals surface area (Å²) >= 11 is 0. The molecule has 0 unspecified atom stereocenters. The lowest BCUT2D eigenvalue weighted by molar-refractivity contribution is -0.199. The van der Waals surface area contributed by atoms with Crippen LogP contribution in [-0.2, 0) is 14.3 Å². The van der Waals surface area contributed by atoms with Gasteiger partial charge in [0.2, 0.25) is 12.1 Å². The summed E-state index contributed by atoms with van der Waals surface area (Å²) in [5.74, 6) is 0.148. The minimum absolute atomic E-state index is 0.143. The molecule has 1 rings (SSSR count). The second-order valence-corrected chi connectivity index (χ2v) is 3.26. The summed E-state index contributed by atoms with van der Waals surface area (Å²) in [6, 6.07) is 0. The Bertz CT molecular complexity index is 204. The zero-order chi connectivity index (χ0) is 10.4. The lowest BCUT2D eigenvalue weighted by atomic mass is 10.1. The van der Waals surface area contributed by atoms with Crippen molar-refractivity contribution in [1.82, 2.24) is 0 Å². The highest BCUT2D eigenvalue weighted by atomic mass is 16.7. The van der Waals surface area contributed by atoms with E-state index in [1.165, 1.54) is 12.2 Å². The third-order valence-corrected chi connectivity index (χ3v) is 2.16. The number of ether oxygens (including phenoxy) is 2. The maximum Gasteiger partial charge on any atom is 0.222 e. The second-order valence-electron chi connectivity index (χ2n) is 3.26. The van der Waals surface area contributed by atoms with Gasteiger partial charge in [0, 0.05) is 5.92 Å². The van der Waals surface area contributed by atoms with Crippen LogP contribution in [0.5, 0.6) is 0 Å². The van der Waals surface area contributed by atoms with Crippen molar-refractivity contribution in [2.24, 2.45) is 5.92 Å². The molecule has 0 radical (unpaired) electrons. The molecule has 4 nitrogen and oxygen atoms in total. The van der Waals surface area contributed by atoms with Crippen LogP contribution in [0.25, 0.3) is 0 Å². The molecule has 0 aliphatic carbocycles. The van der Waals surface area contributed by atoms with Gasteiger partial charge in [0.05, 0.1) is 19.8 Å².